The van der Waals surface area contributed by atoms with Crippen LogP contribution < -0.4 is 15.0 Å². The molecule has 2 aromatic carbocycles. The summed E-state index contributed by atoms with van der Waals surface area (Å²) in [6.45, 7) is 4.03. The van der Waals surface area contributed by atoms with Gasteiger partial charge in [-0.1, -0.05) is 6.07 Å². The minimum absolute atomic E-state index is 0.319. The third-order valence-corrected chi connectivity index (χ3v) is 5.90. The van der Waals surface area contributed by atoms with Crippen molar-refractivity contribution < 1.29 is 19.1 Å². The highest BCUT2D eigenvalue weighted by molar-refractivity contribution is 7.09. The van der Waals surface area contributed by atoms with Crippen molar-refractivity contribution in [2.75, 3.05) is 29.9 Å². The Morgan fingerprint density at radius 2 is 1.91 bits per heavy atom. The molecule has 0 spiro atoms. The molecule has 1 saturated heterocycles. The molecule has 166 valence electrons. The molecule has 8 heteroatoms. The number of ether oxygens (including phenoxy) is 2. The molecule has 0 atom stereocenters. The van der Waals surface area contributed by atoms with Gasteiger partial charge in [0, 0.05) is 29.8 Å². The first-order valence-corrected chi connectivity index (χ1v) is 11.4. The van der Waals surface area contributed by atoms with Gasteiger partial charge in [0.05, 0.1) is 16.3 Å². The van der Waals surface area contributed by atoms with Crippen LogP contribution >= 0.6 is 11.3 Å². The number of esters is 1. The molecule has 0 aliphatic carbocycles. The average Bonchev–Trinajstić information content (AvgIpc) is 3.49. The molecule has 1 N–H and O–H groups in total. The van der Waals surface area contributed by atoms with Crippen LogP contribution in [0.3, 0.4) is 0 Å². The smallest absolute Gasteiger partial charge is 0.338 e. The predicted molar refractivity (Wildman–Crippen MR) is 124 cm³/mol. The number of rotatable bonds is 8. The van der Waals surface area contributed by atoms with Gasteiger partial charge in [0.2, 0.25) is 0 Å². The van der Waals surface area contributed by atoms with E-state index in [0.717, 1.165) is 29.5 Å². The summed E-state index contributed by atoms with van der Waals surface area (Å²) in [5, 5.41) is 5.66. The van der Waals surface area contributed by atoms with Gasteiger partial charge in [-0.2, -0.15) is 0 Å². The summed E-state index contributed by atoms with van der Waals surface area (Å²) < 4.78 is 10.9. The minimum atomic E-state index is -0.584. The number of nitrogens with one attached hydrogen (secondary N) is 1. The highest BCUT2D eigenvalue weighted by Gasteiger charge is 2.14. The fraction of sp³-hybridized carbons (Fsp3) is 0.292. The number of carbonyl (C=O) groups is 2. The summed E-state index contributed by atoms with van der Waals surface area (Å²) in [5.74, 6) is -0.439. The predicted octanol–water partition coefficient (Wildman–Crippen LogP) is 4.43. The molecule has 0 unspecified atom stereocenters. The number of amides is 1. The van der Waals surface area contributed by atoms with Gasteiger partial charge in [0.25, 0.3) is 5.91 Å². The van der Waals surface area contributed by atoms with E-state index in [4.69, 9.17) is 9.47 Å². The molecule has 1 aliphatic heterocycles. The Labute approximate surface area is 191 Å². The molecular formula is C24H25N3O4S. The van der Waals surface area contributed by atoms with Crippen LogP contribution in [0.4, 0.5) is 11.4 Å². The van der Waals surface area contributed by atoms with Gasteiger partial charge in [-0.15, -0.1) is 11.3 Å². The fourth-order valence-electron chi connectivity index (χ4n) is 3.49. The maximum Gasteiger partial charge on any atom is 0.338 e. The van der Waals surface area contributed by atoms with E-state index < -0.39 is 11.9 Å². The van der Waals surface area contributed by atoms with E-state index >= 15 is 0 Å². The van der Waals surface area contributed by atoms with Gasteiger partial charge in [-0.25, -0.2) is 9.78 Å². The Kier molecular flexibility index (Phi) is 7.01. The normalized spacial score (nSPS) is 13.1. The maximum atomic E-state index is 12.3. The number of benzene rings is 2. The van der Waals surface area contributed by atoms with Crippen molar-refractivity contribution in [3.05, 3.63) is 70.2 Å². The highest BCUT2D eigenvalue weighted by Crippen LogP contribution is 2.22. The molecule has 1 fully saturated rings. The van der Waals surface area contributed by atoms with Gasteiger partial charge >= 0.3 is 5.97 Å². The largest absolute Gasteiger partial charge is 0.487 e. The zero-order chi connectivity index (χ0) is 22.3. The van der Waals surface area contributed by atoms with E-state index in [1.54, 1.807) is 35.6 Å². The molecule has 32 heavy (non-hydrogen) atoms. The molecule has 0 radical (unpaired) electrons. The number of thiazole rings is 1. The van der Waals surface area contributed by atoms with E-state index in [1.807, 2.05) is 36.6 Å². The molecule has 7 nitrogen and oxygen atoms in total. The summed E-state index contributed by atoms with van der Waals surface area (Å²) in [6, 6.07) is 14.4. The topological polar surface area (TPSA) is 80.8 Å². The lowest BCUT2D eigenvalue weighted by molar-refractivity contribution is -0.119. The molecule has 3 aromatic rings. The van der Waals surface area contributed by atoms with Crippen molar-refractivity contribution >= 4 is 34.6 Å². The summed E-state index contributed by atoms with van der Waals surface area (Å²) in [5.41, 5.74) is 2.98. The summed E-state index contributed by atoms with van der Waals surface area (Å²) >= 11 is 1.56. The first-order chi connectivity index (χ1) is 15.6. The van der Waals surface area contributed by atoms with Crippen LogP contribution in [0.25, 0.3) is 0 Å². The van der Waals surface area contributed by atoms with E-state index in [9.17, 15) is 9.59 Å². The Bertz CT molecular complexity index is 1070. The van der Waals surface area contributed by atoms with Crippen molar-refractivity contribution in [1.29, 1.82) is 0 Å². The summed E-state index contributed by atoms with van der Waals surface area (Å²) in [4.78, 5) is 31.2. The van der Waals surface area contributed by atoms with Crippen molar-refractivity contribution in [2.24, 2.45) is 0 Å². The average molecular weight is 452 g/mol. The molecule has 1 aromatic heterocycles. The number of carbonyl (C=O) groups excluding carboxylic acids is 2. The van der Waals surface area contributed by atoms with Gasteiger partial charge in [-0.3, -0.25) is 4.79 Å². The Morgan fingerprint density at radius 3 is 2.62 bits per heavy atom. The SMILES string of the molecule is Cc1nc(COc2cccc(C(=O)OCC(=O)Nc3ccc(N4CCCC4)cc3)c2)cs1. The molecule has 4 rings (SSSR count). The molecule has 0 bridgehead atoms. The lowest BCUT2D eigenvalue weighted by Crippen LogP contribution is -2.21. The molecular weight excluding hydrogens is 426 g/mol. The molecule has 1 amide bonds. The zero-order valence-electron chi connectivity index (χ0n) is 17.9. The van der Waals surface area contributed by atoms with Gasteiger partial charge < -0.3 is 19.7 Å². The monoisotopic (exact) mass is 451 g/mol. The van der Waals surface area contributed by atoms with E-state index in [0.29, 0.717) is 23.6 Å². The maximum absolute atomic E-state index is 12.3. The fourth-order valence-corrected chi connectivity index (χ4v) is 4.08. The number of hydrogen-bond acceptors (Lipinski definition) is 7. The van der Waals surface area contributed by atoms with Crippen LogP contribution in [-0.4, -0.2) is 36.6 Å². The quantitative estimate of drug-likeness (QED) is 0.511. The zero-order valence-corrected chi connectivity index (χ0v) is 18.7. The van der Waals surface area contributed by atoms with Crippen molar-refractivity contribution in [3.8, 4) is 5.75 Å². The Hall–Kier alpha value is -3.39. The Morgan fingerprint density at radius 1 is 1.12 bits per heavy atom. The van der Waals surface area contributed by atoms with Crippen LogP contribution in [-0.2, 0) is 16.1 Å². The van der Waals surface area contributed by atoms with Gasteiger partial charge in [-0.05, 0) is 62.2 Å². The van der Waals surface area contributed by atoms with Gasteiger partial charge in [0.1, 0.15) is 12.4 Å². The second kappa shape index (κ2) is 10.3. The number of hydrogen-bond donors (Lipinski definition) is 1. The number of anilines is 2. The van der Waals surface area contributed by atoms with E-state index in [1.165, 1.54) is 12.8 Å². The van der Waals surface area contributed by atoms with Gasteiger partial charge in [0.15, 0.2) is 6.61 Å². The molecule has 2 heterocycles. The summed E-state index contributed by atoms with van der Waals surface area (Å²) in [7, 11) is 0. The van der Waals surface area contributed by atoms with Crippen LogP contribution in [0.1, 0.15) is 33.9 Å². The second-order valence-electron chi connectivity index (χ2n) is 7.54. The first kappa shape index (κ1) is 21.8. The number of aryl methyl sites for hydroxylation is 1. The third kappa shape index (κ3) is 5.85. The summed E-state index contributed by atoms with van der Waals surface area (Å²) in [6.07, 6.45) is 2.43. The second-order valence-corrected chi connectivity index (χ2v) is 8.60. The lowest BCUT2D eigenvalue weighted by Gasteiger charge is -2.17. The van der Waals surface area contributed by atoms with Crippen LogP contribution in [0.5, 0.6) is 5.75 Å². The minimum Gasteiger partial charge on any atom is -0.487 e. The van der Waals surface area contributed by atoms with Crippen LogP contribution in [0, 0.1) is 6.92 Å². The Balaban J connectivity index is 1.25. The lowest BCUT2D eigenvalue weighted by atomic mass is 10.2. The number of nitrogens with zero attached hydrogens (tertiary/aromatic N) is 2. The highest BCUT2D eigenvalue weighted by atomic mass is 32.1. The van der Waals surface area contributed by atoms with Crippen molar-refractivity contribution in [2.45, 2.75) is 26.4 Å². The molecule has 0 saturated carbocycles. The first-order valence-electron chi connectivity index (χ1n) is 10.5. The van der Waals surface area contributed by atoms with Crippen molar-refractivity contribution in [1.82, 2.24) is 4.98 Å². The van der Waals surface area contributed by atoms with E-state index in [2.05, 4.69) is 15.2 Å². The number of aromatic nitrogens is 1. The molecule has 1 aliphatic rings. The standard InChI is InChI=1S/C24H25N3O4S/c1-17-25-20(16-32-17)14-30-22-6-4-5-18(13-22)24(29)31-15-23(28)26-19-7-9-21(10-8-19)27-11-2-3-12-27/h4-10,13,16H,2-3,11-12,14-15H2,1H3,(H,26,28). The van der Waals surface area contributed by atoms with Crippen LogP contribution in [0.2, 0.25) is 0 Å². The van der Waals surface area contributed by atoms with Crippen LogP contribution in [0.15, 0.2) is 53.9 Å². The van der Waals surface area contributed by atoms with Crippen molar-refractivity contribution in [3.63, 3.8) is 0 Å². The van der Waals surface area contributed by atoms with E-state index in [-0.39, 0.29) is 6.61 Å². The third-order valence-electron chi connectivity index (χ3n) is 5.08.